The number of anilines is 2. The first-order valence-electron chi connectivity index (χ1n) is 9.48. The molecule has 1 heterocycles. The van der Waals surface area contributed by atoms with E-state index in [0.717, 1.165) is 6.07 Å². The second kappa shape index (κ2) is 10.4. The molecule has 32 heavy (non-hydrogen) atoms. The van der Waals surface area contributed by atoms with Crippen LogP contribution in [0, 0.1) is 10.1 Å². The van der Waals surface area contributed by atoms with Gasteiger partial charge in [-0.2, -0.15) is 0 Å². The third kappa shape index (κ3) is 5.58. The van der Waals surface area contributed by atoms with E-state index in [4.69, 9.17) is 9.47 Å². The predicted octanol–water partition coefficient (Wildman–Crippen LogP) is 4.24. The Balaban J connectivity index is 1.85. The van der Waals surface area contributed by atoms with E-state index in [1.54, 1.807) is 42.1 Å². The topological polar surface area (TPSA) is 133 Å². The number of benzene rings is 2. The molecule has 0 atom stereocenters. The maximum Gasteiger partial charge on any atom is 0.286 e. The quantitative estimate of drug-likeness (QED) is 0.363. The van der Waals surface area contributed by atoms with Gasteiger partial charge in [0.1, 0.15) is 12.2 Å². The molecule has 0 saturated heterocycles. The molecule has 0 radical (unpaired) electrons. The van der Waals surface area contributed by atoms with Gasteiger partial charge in [0.25, 0.3) is 11.6 Å². The van der Waals surface area contributed by atoms with Crippen LogP contribution in [0.15, 0.2) is 47.3 Å². The summed E-state index contributed by atoms with van der Waals surface area (Å²) in [6.07, 6.45) is 0.305. The van der Waals surface area contributed by atoms with Gasteiger partial charge in [-0.15, -0.1) is 11.3 Å². The largest absolute Gasteiger partial charge is 0.493 e. The fourth-order valence-corrected chi connectivity index (χ4v) is 3.28. The van der Waals surface area contributed by atoms with E-state index in [1.807, 2.05) is 0 Å². The number of hydrogen-bond donors (Lipinski definition) is 2. The van der Waals surface area contributed by atoms with Gasteiger partial charge in [-0.05, 0) is 18.2 Å². The number of thiazole rings is 1. The zero-order chi connectivity index (χ0) is 23.1. The van der Waals surface area contributed by atoms with Crippen LogP contribution in [0.1, 0.15) is 29.4 Å². The Morgan fingerprint density at radius 1 is 1.16 bits per heavy atom. The summed E-state index contributed by atoms with van der Waals surface area (Å²) >= 11 is 1.40. The van der Waals surface area contributed by atoms with E-state index >= 15 is 0 Å². The minimum atomic E-state index is -0.708. The van der Waals surface area contributed by atoms with Crippen molar-refractivity contribution in [1.82, 2.24) is 4.98 Å². The Hall–Kier alpha value is -3.99. The SMILES string of the molecule is CCC(=O)Nc1cccc(NC(=O)c2cc(OC)c(OCc3cscn3)cc2[N+](=O)[O-])c1. The van der Waals surface area contributed by atoms with Crippen molar-refractivity contribution in [3.05, 3.63) is 68.7 Å². The number of nitrogens with zero attached hydrogens (tertiary/aromatic N) is 2. The number of nitro benzene ring substituents is 1. The first kappa shape index (κ1) is 22.7. The average molecular weight is 456 g/mol. The highest BCUT2D eigenvalue weighted by Gasteiger charge is 2.25. The molecule has 10 nitrogen and oxygen atoms in total. The lowest BCUT2D eigenvalue weighted by Gasteiger charge is -2.13. The average Bonchev–Trinajstić information content (AvgIpc) is 3.30. The number of carbonyl (C=O) groups is 2. The van der Waals surface area contributed by atoms with Crippen LogP contribution in [-0.4, -0.2) is 28.8 Å². The Bertz CT molecular complexity index is 1130. The van der Waals surface area contributed by atoms with E-state index in [-0.39, 0.29) is 29.6 Å². The molecule has 3 aromatic rings. The van der Waals surface area contributed by atoms with Crippen LogP contribution in [0.2, 0.25) is 0 Å². The van der Waals surface area contributed by atoms with Crippen molar-refractivity contribution in [1.29, 1.82) is 0 Å². The summed E-state index contributed by atoms with van der Waals surface area (Å²) in [5.41, 5.74) is 2.53. The molecule has 2 N–H and O–H groups in total. The minimum Gasteiger partial charge on any atom is -0.493 e. The van der Waals surface area contributed by atoms with Gasteiger partial charge in [0, 0.05) is 29.2 Å². The molecule has 11 heteroatoms. The summed E-state index contributed by atoms with van der Waals surface area (Å²) in [6, 6.07) is 8.88. The molecule has 1 aromatic heterocycles. The Labute approximate surface area is 187 Å². The Morgan fingerprint density at radius 3 is 2.53 bits per heavy atom. The third-order valence-corrected chi connectivity index (χ3v) is 4.94. The monoisotopic (exact) mass is 456 g/mol. The summed E-state index contributed by atoms with van der Waals surface area (Å²) in [5.74, 6) is -0.602. The van der Waals surface area contributed by atoms with Gasteiger partial charge in [-0.3, -0.25) is 19.7 Å². The molecule has 3 rings (SSSR count). The van der Waals surface area contributed by atoms with Gasteiger partial charge in [0.2, 0.25) is 5.91 Å². The van der Waals surface area contributed by atoms with Crippen molar-refractivity contribution in [2.24, 2.45) is 0 Å². The lowest BCUT2D eigenvalue weighted by atomic mass is 10.1. The second-order valence-corrected chi connectivity index (χ2v) is 7.20. The van der Waals surface area contributed by atoms with Gasteiger partial charge in [-0.1, -0.05) is 13.0 Å². The Morgan fingerprint density at radius 2 is 1.91 bits per heavy atom. The van der Waals surface area contributed by atoms with Gasteiger partial charge in [-0.25, -0.2) is 4.98 Å². The predicted molar refractivity (Wildman–Crippen MR) is 119 cm³/mol. The first-order chi connectivity index (χ1) is 15.4. The molecular weight excluding hydrogens is 436 g/mol. The molecule has 0 saturated carbocycles. The number of nitro groups is 1. The van der Waals surface area contributed by atoms with Crippen LogP contribution in [0.5, 0.6) is 11.5 Å². The normalized spacial score (nSPS) is 10.3. The molecular formula is C21H20N4O6S. The van der Waals surface area contributed by atoms with E-state index in [9.17, 15) is 19.7 Å². The zero-order valence-electron chi connectivity index (χ0n) is 17.3. The zero-order valence-corrected chi connectivity index (χ0v) is 18.1. The number of rotatable bonds is 9. The van der Waals surface area contributed by atoms with Crippen LogP contribution >= 0.6 is 11.3 Å². The molecule has 2 aromatic carbocycles. The van der Waals surface area contributed by atoms with Crippen LogP contribution in [-0.2, 0) is 11.4 Å². The van der Waals surface area contributed by atoms with E-state index in [1.165, 1.54) is 24.5 Å². The molecule has 0 fully saturated rings. The fourth-order valence-electron chi connectivity index (χ4n) is 2.74. The molecule has 0 unspecified atom stereocenters. The lowest BCUT2D eigenvalue weighted by Crippen LogP contribution is -2.15. The van der Waals surface area contributed by atoms with Gasteiger partial charge < -0.3 is 20.1 Å². The number of carbonyl (C=O) groups excluding carboxylic acids is 2. The number of aromatic nitrogens is 1. The van der Waals surface area contributed by atoms with Crippen molar-refractivity contribution >= 4 is 40.2 Å². The fraction of sp³-hybridized carbons (Fsp3) is 0.190. The number of amides is 2. The van der Waals surface area contributed by atoms with Crippen LogP contribution in [0.4, 0.5) is 17.1 Å². The van der Waals surface area contributed by atoms with Gasteiger partial charge in [0.15, 0.2) is 11.5 Å². The van der Waals surface area contributed by atoms with Crippen molar-refractivity contribution in [3.63, 3.8) is 0 Å². The number of methoxy groups -OCH3 is 1. The molecule has 0 aliphatic carbocycles. The smallest absolute Gasteiger partial charge is 0.286 e. The summed E-state index contributed by atoms with van der Waals surface area (Å²) in [4.78, 5) is 39.5. The van der Waals surface area contributed by atoms with Crippen molar-refractivity contribution in [3.8, 4) is 11.5 Å². The maximum atomic E-state index is 12.8. The third-order valence-electron chi connectivity index (χ3n) is 4.31. The molecule has 0 spiro atoms. The van der Waals surface area contributed by atoms with Crippen molar-refractivity contribution in [2.75, 3.05) is 17.7 Å². The van der Waals surface area contributed by atoms with Gasteiger partial charge in [0.05, 0.1) is 29.3 Å². The highest BCUT2D eigenvalue weighted by molar-refractivity contribution is 7.07. The number of nitrogens with one attached hydrogen (secondary N) is 2. The molecule has 2 amide bonds. The highest BCUT2D eigenvalue weighted by atomic mass is 32.1. The second-order valence-electron chi connectivity index (χ2n) is 6.48. The Kier molecular flexibility index (Phi) is 7.34. The van der Waals surface area contributed by atoms with Crippen molar-refractivity contribution < 1.29 is 24.0 Å². The summed E-state index contributed by atoms with van der Waals surface area (Å²) < 4.78 is 10.9. The van der Waals surface area contributed by atoms with Crippen LogP contribution in [0.25, 0.3) is 0 Å². The standard InChI is InChI=1S/C21H20N4O6S/c1-3-20(26)23-13-5-4-6-14(7-13)24-21(27)16-8-18(30-2)19(9-17(16)25(28)29)31-10-15-11-32-12-22-15/h4-9,11-12H,3,10H2,1-2H3,(H,23,26)(H,24,27). The van der Waals surface area contributed by atoms with E-state index in [0.29, 0.717) is 23.5 Å². The van der Waals surface area contributed by atoms with Crippen LogP contribution in [0.3, 0.4) is 0 Å². The number of hydrogen-bond acceptors (Lipinski definition) is 8. The molecule has 0 bridgehead atoms. The summed E-state index contributed by atoms with van der Waals surface area (Å²) in [6.45, 7) is 1.82. The summed E-state index contributed by atoms with van der Waals surface area (Å²) in [5, 5.41) is 18.7. The highest BCUT2D eigenvalue weighted by Crippen LogP contribution is 2.35. The van der Waals surface area contributed by atoms with Crippen molar-refractivity contribution in [2.45, 2.75) is 20.0 Å². The minimum absolute atomic E-state index is 0.0961. The maximum absolute atomic E-state index is 12.8. The molecule has 0 aliphatic heterocycles. The van der Waals surface area contributed by atoms with Gasteiger partial charge >= 0.3 is 0 Å². The van der Waals surface area contributed by atoms with E-state index in [2.05, 4.69) is 15.6 Å². The molecule has 166 valence electrons. The lowest BCUT2D eigenvalue weighted by molar-refractivity contribution is -0.385. The summed E-state index contributed by atoms with van der Waals surface area (Å²) in [7, 11) is 1.37. The van der Waals surface area contributed by atoms with E-state index < -0.39 is 16.5 Å². The molecule has 0 aliphatic rings. The van der Waals surface area contributed by atoms with Crippen LogP contribution < -0.4 is 20.1 Å². The number of ether oxygens (including phenoxy) is 2. The first-order valence-corrected chi connectivity index (χ1v) is 10.4.